The molecule has 1 heterocycles. The molecule has 0 radical (unpaired) electrons. The van der Waals surface area contributed by atoms with Crippen LogP contribution in [0.25, 0.3) is 0 Å². The third-order valence-corrected chi connectivity index (χ3v) is 8.85. The van der Waals surface area contributed by atoms with E-state index < -0.39 is 11.8 Å². The van der Waals surface area contributed by atoms with Gasteiger partial charge in [-0.25, -0.2) is 0 Å². The molecule has 0 atom stereocenters. The van der Waals surface area contributed by atoms with Crippen molar-refractivity contribution < 1.29 is 19.1 Å². The third-order valence-electron chi connectivity index (χ3n) is 8.85. The molecule has 4 bridgehead atoms. The van der Waals surface area contributed by atoms with Gasteiger partial charge in [0.2, 0.25) is 5.91 Å². The lowest BCUT2D eigenvalue weighted by molar-refractivity contribution is -0.188. The van der Waals surface area contributed by atoms with Crippen LogP contribution in [0.15, 0.2) is 18.2 Å². The van der Waals surface area contributed by atoms with Gasteiger partial charge in [0.05, 0.1) is 5.60 Å². The quantitative estimate of drug-likeness (QED) is 0.649. The molecule has 0 unspecified atom stereocenters. The third kappa shape index (κ3) is 4.02. The predicted octanol–water partition coefficient (Wildman–Crippen LogP) is 3.52. The molecule has 1 aromatic carbocycles. The summed E-state index contributed by atoms with van der Waals surface area (Å²) >= 11 is 0. The summed E-state index contributed by atoms with van der Waals surface area (Å²) in [6.07, 6.45) is 7.85. The van der Waals surface area contributed by atoms with E-state index in [4.69, 9.17) is 4.74 Å². The molecule has 0 aromatic heterocycles. The smallest absolute Gasteiger partial charge is 0.313 e. The molecule has 7 nitrogen and oxygen atoms in total. The second-order valence-electron chi connectivity index (χ2n) is 11.2. The Hall–Kier alpha value is -2.41. The molecule has 0 spiro atoms. The number of anilines is 2. The number of hydrogen-bond donors (Lipinski definition) is 2. The van der Waals surface area contributed by atoms with Crippen LogP contribution in [0.3, 0.4) is 0 Å². The van der Waals surface area contributed by atoms with Gasteiger partial charge in [0.25, 0.3) is 0 Å². The van der Waals surface area contributed by atoms with Crippen molar-refractivity contribution in [2.45, 2.75) is 64.4 Å². The van der Waals surface area contributed by atoms with Crippen LogP contribution in [-0.2, 0) is 25.5 Å². The van der Waals surface area contributed by atoms with Crippen molar-refractivity contribution >= 4 is 29.1 Å². The fraction of sp³-hybridized carbons (Fsp3) is 0.667. The highest BCUT2D eigenvalue weighted by Gasteiger charge is 2.57. The van der Waals surface area contributed by atoms with Crippen molar-refractivity contribution in [1.29, 1.82) is 0 Å². The summed E-state index contributed by atoms with van der Waals surface area (Å²) in [5, 5.41) is 5.62. The minimum atomic E-state index is -0.687. The molecule has 184 valence electrons. The maximum atomic E-state index is 12.7. The molecule has 0 saturated heterocycles. The highest BCUT2D eigenvalue weighted by molar-refractivity contribution is 6.39. The maximum Gasteiger partial charge on any atom is 0.313 e. The molecule has 4 fully saturated rings. The van der Waals surface area contributed by atoms with Crippen LogP contribution >= 0.6 is 0 Å². The van der Waals surface area contributed by atoms with Gasteiger partial charge in [-0.05, 0) is 86.3 Å². The largest absolute Gasteiger partial charge is 0.376 e. The number of amides is 3. The van der Waals surface area contributed by atoms with E-state index >= 15 is 0 Å². The fourth-order valence-corrected chi connectivity index (χ4v) is 7.36. The Morgan fingerprint density at radius 3 is 2.35 bits per heavy atom. The van der Waals surface area contributed by atoms with Gasteiger partial charge < -0.3 is 20.3 Å². The molecule has 4 saturated carbocycles. The maximum absolute atomic E-state index is 12.7. The highest BCUT2D eigenvalue weighted by Crippen LogP contribution is 2.59. The number of fused-ring (bicyclic) bond motifs is 1. The number of benzene rings is 1. The first-order valence-corrected chi connectivity index (χ1v) is 12.9. The predicted molar refractivity (Wildman–Crippen MR) is 130 cm³/mol. The number of ether oxygens (including phenoxy) is 1. The average Bonchev–Trinajstić information content (AvgIpc) is 2.82. The van der Waals surface area contributed by atoms with Crippen molar-refractivity contribution in [2.24, 2.45) is 29.6 Å². The minimum Gasteiger partial charge on any atom is -0.376 e. The van der Waals surface area contributed by atoms with E-state index in [0.29, 0.717) is 30.6 Å². The van der Waals surface area contributed by atoms with Crippen molar-refractivity contribution in [3.63, 3.8) is 0 Å². The van der Waals surface area contributed by atoms with E-state index in [2.05, 4.69) is 10.6 Å². The van der Waals surface area contributed by atoms with Gasteiger partial charge in [-0.1, -0.05) is 19.9 Å². The number of carbonyl (C=O) groups excluding carboxylic acids is 3. The first kappa shape index (κ1) is 23.3. The van der Waals surface area contributed by atoms with Gasteiger partial charge in [0, 0.05) is 37.5 Å². The Bertz CT molecular complexity index is 960. The van der Waals surface area contributed by atoms with E-state index in [-0.39, 0.29) is 17.4 Å². The van der Waals surface area contributed by atoms with Crippen LogP contribution in [0.5, 0.6) is 0 Å². The molecule has 2 N–H and O–H groups in total. The van der Waals surface area contributed by atoms with E-state index in [0.717, 1.165) is 35.9 Å². The summed E-state index contributed by atoms with van der Waals surface area (Å²) in [6.45, 7) is 4.84. The summed E-state index contributed by atoms with van der Waals surface area (Å²) in [5.41, 5.74) is 2.09. The Labute approximate surface area is 202 Å². The molecule has 1 aliphatic heterocycles. The first-order chi connectivity index (χ1) is 16.3. The molecular weight excluding hydrogens is 430 g/mol. The number of rotatable bonds is 5. The number of hydrogen-bond acceptors (Lipinski definition) is 4. The lowest BCUT2D eigenvalue weighted by Gasteiger charge is -2.60. The number of carbonyl (C=O) groups is 3. The van der Waals surface area contributed by atoms with Gasteiger partial charge in [0.1, 0.15) is 0 Å². The van der Waals surface area contributed by atoms with Crippen LogP contribution in [0.1, 0.15) is 57.9 Å². The van der Waals surface area contributed by atoms with Crippen molar-refractivity contribution in [3.8, 4) is 0 Å². The summed E-state index contributed by atoms with van der Waals surface area (Å²) < 4.78 is 6.09. The Balaban J connectivity index is 1.24. The average molecular weight is 468 g/mol. The van der Waals surface area contributed by atoms with Crippen molar-refractivity contribution in [2.75, 3.05) is 30.4 Å². The number of nitrogens with zero attached hydrogens (tertiary/aromatic N) is 1. The standard InChI is InChI=1S/C27H37N3O4/c1-16(2)26(33)30-8-4-5-19-6-7-22(14-23(19)30)29-25(32)24(31)28-15-27(34-3)20-10-17-9-18(12-20)13-21(27)11-17/h6-7,14,16-18,20-21H,4-5,8-13,15H2,1-3H3,(H,28,31)(H,29,32). The van der Waals surface area contributed by atoms with Gasteiger partial charge in [-0.3, -0.25) is 14.4 Å². The molecule has 1 aromatic rings. The molecule has 6 rings (SSSR count). The molecule has 4 aliphatic carbocycles. The van der Waals surface area contributed by atoms with E-state index in [1.807, 2.05) is 32.0 Å². The summed E-state index contributed by atoms with van der Waals surface area (Å²) in [7, 11) is 1.76. The number of aryl methyl sites for hydroxylation is 1. The zero-order valence-corrected chi connectivity index (χ0v) is 20.6. The topological polar surface area (TPSA) is 87.7 Å². The molecule has 3 amide bonds. The van der Waals surface area contributed by atoms with E-state index in [9.17, 15) is 14.4 Å². The Kier molecular flexibility index (Phi) is 6.17. The van der Waals surface area contributed by atoms with Crippen molar-refractivity contribution in [1.82, 2.24) is 5.32 Å². The molecule has 5 aliphatic rings. The van der Waals surface area contributed by atoms with Crippen LogP contribution in [0.2, 0.25) is 0 Å². The summed E-state index contributed by atoms with van der Waals surface area (Å²) in [5.74, 6) is 1.16. The molecular formula is C27H37N3O4. The van der Waals surface area contributed by atoms with E-state index in [1.165, 1.54) is 32.1 Å². The Morgan fingerprint density at radius 2 is 1.74 bits per heavy atom. The number of nitrogens with one attached hydrogen (secondary N) is 2. The summed E-state index contributed by atoms with van der Waals surface area (Å²) in [4.78, 5) is 39.9. The van der Waals surface area contributed by atoms with Crippen molar-refractivity contribution in [3.05, 3.63) is 23.8 Å². The van der Waals surface area contributed by atoms with Crippen LogP contribution < -0.4 is 15.5 Å². The summed E-state index contributed by atoms with van der Waals surface area (Å²) in [6, 6.07) is 5.56. The first-order valence-electron chi connectivity index (χ1n) is 12.9. The van der Waals surface area contributed by atoms with Crippen LogP contribution in [0, 0.1) is 29.6 Å². The lowest BCUT2D eigenvalue weighted by atomic mass is 9.49. The van der Waals surface area contributed by atoms with Gasteiger partial charge in [-0.2, -0.15) is 0 Å². The monoisotopic (exact) mass is 467 g/mol. The van der Waals surface area contributed by atoms with Gasteiger partial charge in [0.15, 0.2) is 0 Å². The SMILES string of the molecule is COC1(CNC(=O)C(=O)Nc2ccc3c(c2)N(C(=O)C(C)C)CCC3)C2CC3CC(C2)CC1C3. The molecule has 7 heteroatoms. The van der Waals surface area contributed by atoms with E-state index in [1.54, 1.807) is 12.0 Å². The van der Waals surface area contributed by atoms with Crippen LogP contribution in [0.4, 0.5) is 11.4 Å². The second-order valence-corrected chi connectivity index (χ2v) is 11.2. The van der Waals surface area contributed by atoms with Crippen LogP contribution in [-0.4, -0.2) is 43.5 Å². The Morgan fingerprint density at radius 1 is 1.06 bits per heavy atom. The highest BCUT2D eigenvalue weighted by atomic mass is 16.5. The van der Waals surface area contributed by atoms with Gasteiger partial charge in [-0.15, -0.1) is 0 Å². The number of methoxy groups -OCH3 is 1. The second kappa shape index (κ2) is 8.99. The zero-order chi connectivity index (χ0) is 24.0. The zero-order valence-electron chi connectivity index (χ0n) is 20.6. The van der Waals surface area contributed by atoms with Gasteiger partial charge >= 0.3 is 11.8 Å². The normalized spacial score (nSPS) is 31.4. The lowest BCUT2D eigenvalue weighted by Crippen LogP contribution is -2.63. The molecule has 34 heavy (non-hydrogen) atoms. The minimum absolute atomic E-state index is 0.0719. The fourth-order valence-electron chi connectivity index (χ4n) is 7.36.